The maximum absolute atomic E-state index is 13.5. The summed E-state index contributed by atoms with van der Waals surface area (Å²) in [5, 5.41) is 8.46. The molecule has 2 N–H and O–H groups in total. The van der Waals surface area contributed by atoms with Crippen LogP contribution in [-0.2, 0) is 21.4 Å². The molecule has 7 nitrogen and oxygen atoms in total. The SMILES string of the molecule is O=C(CN(Cc1ccc(Cl)cc1Cl)S(=O)(=O)c1ccc(Br)cc1)NCCCNc1ccnc2cc(Cl)ccc12. The van der Waals surface area contributed by atoms with Crippen molar-refractivity contribution in [3.63, 3.8) is 0 Å². The molecule has 1 aromatic heterocycles. The Bertz CT molecular complexity index is 1590. The number of benzene rings is 3. The van der Waals surface area contributed by atoms with Crippen molar-refractivity contribution < 1.29 is 13.2 Å². The van der Waals surface area contributed by atoms with Gasteiger partial charge in [0.25, 0.3) is 0 Å². The fraction of sp³-hybridized carbons (Fsp3) is 0.185. The lowest BCUT2D eigenvalue weighted by Gasteiger charge is -2.22. The van der Waals surface area contributed by atoms with Crippen molar-refractivity contribution in [3.8, 4) is 0 Å². The van der Waals surface area contributed by atoms with E-state index in [1.165, 1.54) is 18.2 Å². The average molecular weight is 671 g/mol. The topological polar surface area (TPSA) is 91.4 Å². The number of rotatable bonds is 11. The summed E-state index contributed by atoms with van der Waals surface area (Å²) in [5.74, 6) is -0.426. The van der Waals surface area contributed by atoms with Gasteiger partial charge >= 0.3 is 0 Å². The highest BCUT2D eigenvalue weighted by Crippen LogP contribution is 2.26. The van der Waals surface area contributed by atoms with Gasteiger partial charge in [0.1, 0.15) is 0 Å². The highest BCUT2D eigenvalue weighted by molar-refractivity contribution is 9.10. The maximum atomic E-state index is 13.5. The van der Waals surface area contributed by atoms with Crippen LogP contribution in [0.4, 0.5) is 5.69 Å². The first-order valence-electron chi connectivity index (χ1n) is 11.9. The Balaban J connectivity index is 1.38. The second-order valence-electron chi connectivity index (χ2n) is 8.61. The van der Waals surface area contributed by atoms with Crippen LogP contribution < -0.4 is 10.6 Å². The van der Waals surface area contributed by atoms with Crippen molar-refractivity contribution in [2.24, 2.45) is 0 Å². The molecular formula is C27H24BrCl3N4O3S. The van der Waals surface area contributed by atoms with Gasteiger partial charge in [-0.1, -0.05) is 56.8 Å². The van der Waals surface area contributed by atoms with Crippen LogP contribution >= 0.6 is 50.7 Å². The standard InChI is InChI=1S/C27H24BrCl3N4O3S/c28-19-3-7-22(8-4-19)39(37,38)35(16-18-2-5-20(29)14-24(18)31)17-27(36)34-12-1-11-32-25-10-13-33-26-15-21(30)6-9-23(25)26/h2-10,13-15H,1,11-12,16-17H2,(H,32,33)(H,34,36). The molecule has 4 aromatic rings. The van der Waals surface area contributed by atoms with Crippen LogP contribution in [0.15, 0.2) is 82.3 Å². The van der Waals surface area contributed by atoms with Crippen molar-refractivity contribution >= 4 is 83.3 Å². The number of nitrogens with zero attached hydrogens (tertiary/aromatic N) is 2. The zero-order chi connectivity index (χ0) is 28.0. The highest BCUT2D eigenvalue weighted by Gasteiger charge is 2.27. The van der Waals surface area contributed by atoms with Gasteiger partial charge in [0.2, 0.25) is 15.9 Å². The Kier molecular flexibility index (Phi) is 10.1. The summed E-state index contributed by atoms with van der Waals surface area (Å²) in [7, 11) is -4.00. The van der Waals surface area contributed by atoms with Crippen LogP contribution in [0, 0.1) is 0 Å². The minimum atomic E-state index is -4.00. The predicted molar refractivity (Wildman–Crippen MR) is 161 cm³/mol. The molecule has 4 rings (SSSR count). The number of anilines is 1. The fourth-order valence-electron chi connectivity index (χ4n) is 3.85. The number of carbonyl (C=O) groups is 1. The largest absolute Gasteiger partial charge is 0.384 e. The zero-order valence-electron chi connectivity index (χ0n) is 20.5. The molecule has 0 aliphatic rings. The maximum Gasteiger partial charge on any atom is 0.243 e. The first-order valence-corrected chi connectivity index (χ1v) is 15.2. The number of sulfonamides is 1. The van der Waals surface area contributed by atoms with E-state index in [1.54, 1.807) is 36.5 Å². The smallest absolute Gasteiger partial charge is 0.243 e. The summed E-state index contributed by atoms with van der Waals surface area (Å²) in [6.07, 6.45) is 2.32. The third kappa shape index (κ3) is 7.84. The van der Waals surface area contributed by atoms with Crippen molar-refractivity contribution in [3.05, 3.63) is 98.0 Å². The molecule has 1 heterocycles. The molecule has 0 bridgehead atoms. The fourth-order valence-corrected chi connectivity index (χ4v) is 6.13. The van der Waals surface area contributed by atoms with Crippen LogP contribution in [0.2, 0.25) is 15.1 Å². The van der Waals surface area contributed by atoms with E-state index in [-0.39, 0.29) is 18.0 Å². The van der Waals surface area contributed by atoms with E-state index < -0.39 is 15.9 Å². The van der Waals surface area contributed by atoms with Gasteiger partial charge in [0.15, 0.2) is 0 Å². The summed E-state index contributed by atoms with van der Waals surface area (Å²) >= 11 is 21.7. The van der Waals surface area contributed by atoms with Gasteiger partial charge in [-0.05, 0) is 72.6 Å². The number of hydrogen-bond acceptors (Lipinski definition) is 5. The van der Waals surface area contributed by atoms with E-state index in [1.807, 2.05) is 18.2 Å². The van der Waals surface area contributed by atoms with Gasteiger partial charge in [-0.25, -0.2) is 8.42 Å². The quantitative estimate of drug-likeness (QED) is 0.172. The van der Waals surface area contributed by atoms with Crippen LogP contribution in [0.1, 0.15) is 12.0 Å². The molecule has 1 amide bonds. The number of pyridine rings is 1. The number of carbonyl (C=O) groups excluding carboxylic acids is 1. The molecule has 0 saturated heterocycles. The number of fused-ring (bicyclic) bond motifs is 1. The molecule has 0 aliphatic heterocycles. The second kappa shape index (κ2) is 13.3. The molecule has 3 aromatic carbocycles. The lowest BCUT2D eigenvalue weighted by atomic mass is 10.2. The minimum absolute atomic E-state index is 0.0682. The summed E-state index contributed by atoms with van der Waals surface area (Å²) in [4.78, 5) is 17.2. The number of amides is 1. The molecule has 0 atom stereocenters. The van der Waals surface area contributed by atoms with Gasteiger partial charge in [-0.15, -0.1) is 0 Å². The number of aromatic nitrogens is 1. The molecule has 12 heteroatoms. The Morgan fingerprint density at radius 1 is 0.923 bits per heavy atom. The van der Waals surface area contributed by atoms with Crippen molar-refractivity contribution in [1.82, 2.24) is 14.6 Å². The molecule has 0 unspecified atom stereocenters. The first kappa shape index (κ1) is 29.6. The normalized spacial score (nSPS) is 11.6. The first-order chi connectivity index (χ1) is 18.6. The van der Waals surface area contributed by atoms with Gasteiger partial charge in [0, 0.05) is 56.4 Å². The molecular weight excluding hydrogens is 647 g/mol. The van der Waals surface area contributed by atoms with Crippen LogP contribution in [-0.4, -0.2) is 43.2 Å². The van der Waals surface area contributed by atoms with E-state index in [9.17, 15) is 13.2 Å². The Morgan fingerprint density at radius 3 is 2.38 bits per heavy atom. The Labute approximate surface area is 250 Å². The van der Waals surface area contributed by atoms with Crippen molar-refractivity contribution in [2.75, 3.05) is 25.0 Å². The summed E-state index contributed by atoms with van der Waals surface area (Å²) in [5.41, 5.74) is 2.23. The van der Waals surface area contributed by atoms with Gasteiger partial charge in [-0.2, -0.15) is 4.31 Å². The van der Waals surface area contributed by atoms with Gasteiger partial charge in [-0.3, -0.25) is 9.78 Å². The number of hydrogen-bond donors (Lipinski definition) is 2. The molecule has 0 saturated carbocycles. The molecule has 0 aliphatic carbocycles. The molecule has 39 heavy (non-hydrogen) atoms. The van der Waals surface area contributed by atoms with E-state index in [0.29, 0.717) is 40.1 Å². The summed E-state index contributed by atoms with van der Waals surface area (Å²) in [6.45, 7) is 0.473. The van der Waals surface area contributed by atoms with Crippen LogP contribution in [0.3, 0.4) is 0 Å². The number of nitrogens with one attached hydrogen (secondary N) is 2. The monoisotopic (exact) mass is 668 g/mol. The number of halogens is 4. The lowest BCUT2D eigenvalue weighted by molar-refractivity contribution is -0.121. The minimum Gasteiger partial charge on any atom is -0.384 e. The third-order valence-corrected chi connectivity index (χ3v) is 8.99. The summed E-state index contributed by atoms with van der Waals surface area (Å²) in [6, 6.07) is 18.4. The lowest BCUT2D eigenvalue weighted by Crippen LogP contribution is -2.40. The van der Waals surface area contributed by atoms with Crippen molar-refractivity contribution in [2.45, 2.75) is 17.9 Å². The Morgan fingerprint density at radius 2 is 1.64 bits per heavy atom. The van der Waals surface area contributed by atoms with Gasteiger partial charge < -0.3 is 10.6 Å². The second-order valence-corrected chi connectivity index (χ2v) is 12.7. The molecule has 0 spiro atoms. The van der Waals surface area contributed by atoms with Crippen LogP contribution in [0.5, 0.6) is 0 Å². The zero-order valence-corrected chi connectivity index (χ0v) is 25.2. The van der Waals surface area contributed by atoms with E-state index in [0.717, 1.165) is 25.4 Å². The van der Waals surface area contributed by atoms with Crippen molar-refractivity contribution in [1.29, 1.82) is 0 Å². The average Bonchev–Trinajstić information content (AvgIpc) is 2.89. The van der Waals surface area contributed by atoms with Gasteiger partial charge in [0.05, 0.1) is 17.0 Å². The summed E-state index contributed by atoms with van der Waals surface area (Å²) < 4.78 is 28.8. The highest BCUT2D eigenvalue weighted by atomic mass is 79.9. The third-order valence-electron chi connectivity index (χ3n) is 5.83. The van der Waals surface area contributed by atoms with E-state index in [2.05, 4.69) is 31.5 Å². The predicted octanol–water partition coefficient (Wildman–Crippen LogP) is 6.77. The molecule has 204 valence electrons. The van der Waals surface area contributed by atoms with Crippen LogP contribution in [0.25, 0.3) is 10.9 Å². The molecule has 0 radical (unpaired) electrons. The molecule has 0 fully saturated rings. The van der Waals surface area contributed by atoms with E-state index in [4.69, 9.17) is 34.8 Å². The van der Waals surface area contributed by atoms with E-state index >= 15 is 0 Å². The Hall–Kier alpha value is -2.40.